The summed E-state index contributed by atoms with van der Waals surface area (Å²) >= 11 is 11.9. The van der Waals surface area contributed by atoms with Gasteiger partial charge in [0.15, 0.2) is 0 Å². The summed E-state index contributed by atoms with van der Waals surface area (Å²) in [7, 11) is 0. The summed E-state index contributed by atoms with van der Waals surface area (Å²) in [5.41, 5.74) is 1.65. The number of carbonyl (C=O) groups excluding carboxylic acids is 1. The van der Waals surface area contributed by atoms with E-state index in [9.17, 15) is 4.79 Å². The Morgan fingerprint density at radius 1 is 1.24 bits per heavy atom. The Bertz CT molecular complexity index is 675. The fraction of sp³-hybridized carbons (Fsp3) is 0.250. The van der Waals surface area contributed by atoms with Gasteiger partial charge >= 0.3 is 0 Å². The highest BCUT2D eigenvalue weighted by atomic mass is 35.5. The van der Waals surface area contributed by atoms with Gasteiger partial charge in [-0.3, -0.25) is 4.79 Å². The van der Waals surface area contributed by atoms with Crippen molar-refractivity contribution in [2.24, 2.45) is 0 Å². The molecule has 0 saturated carbocycles. The second kappa shape index (κ2) is 6.04. The van der Waals surface area contributed by atoms with Crippen LogP contribution in [0.3, 0.4) is 0 Å². The van der Waals surface area contributed by atoms with E-state index < -0.39 is 0 Å². The maximum Gasteiger partial charge on any atom is 0.254 e. The molecule has 1 atom stereocenters. The van der Waals surface area contributed by atoms with Crippen LogP contribution in [0.25, 0.3) is 0 Å². The summed E-state index contributed by atoms with van der Waals surface area (Å²) in [6.45, 7) is 0.746. The smallest absolute Gasteiger partial charge is 0.254 e. The number of hydrogen-bond acceptors (Lipinski definition) is 2. The van der Waals surface area contributed by atoms with Gasteiger partial charge in [0.1, 0.15) is 5.15 Å². The van der Waals surface area contributed by atoms with Crippen molar-refractivity contribution in [1.82, 2.24) is 9.88 Å². The van der Waals surface area contributed by atoms with Gasteiger partial charge in [0.2, 0.25) is 0 Å². The monoisotopic (exact) mass is 320 g/mol. The first-order valence-corrected chi connectivity index (χ1v) is 7.59. The number of rotatable bonds is 2. The Labute approximate surface area is 133 Å². The van der Waals surface area contributed by atoms with E-state index in [-0.39, 0.29) is 11.9 Å². The van der Waals surface area contributed by atoms with Crippen LogP contribution in [0.4, 0.5) is 0 Å². The number of carbonyl (C=O) groups is 1. The van der Waals surface area contributed by atoms with Crippen molar-refractivity contribution in [2.75, 3.05) is 6.54 Å². The van der Waals surface area contributed by atoms with E-state index in [0.29, 0.717) is 15.7 Å². The minimum atomic E-state index is -0.0122. The number of benzene rings is 1. The third-order valence-corrected chi connectivity index (χ3v) is 4.16. The first kappa shape index (κ1) is 14.4. The minimum Gasteiger partial charge on any atom is -0.332 e. The average molecular weight is 321 g/mol. The molecule has 2 heterocycles. The molecule has 0 spiro atoms. The van der Waals surface area contributed by atoms with Gasteiger partial charge in [-0.2, -0.15) is 0 Å². The van der Waals surface area contributed by atoms with Gasteiger partial charge in [0, 0.05) is 23.3 Å². The summed E-state index contributed by atoms with van der Waals surface area (Å²) < 4.78 is 0. The fourth-order valence-corrected chi connectivity index (χ4v) is 3.14. The number of amides is 1. The first-order chi connectivity index (χ1) is 10.1. The van der Waals surface area contributed by atoms with Crippen LogP contribution in [0.15, 0.2) is 42.6 Å². The third-order valence-electron chi connectivity index (χ3n) is 3.72. The molecule has 0 aliphatic carbocycles. The molecule has 5 heteroatoms. The van der Waals surface area contributed by atoms with Crippen LogP contribution in [0, 0.1) is 0 Å². The molecule has 1 aromatic carbocycles. The lowest BCUT2D eigenvalue weighted by molar-refractivity contribution is 0.0735. The Hall–Kier alpha value is -1.58. The molecule has 1 aliphatic rings. The molecule has 108 valence electrons. The molecular formula is C16H14Cl2N2O. The van der Waals surface area contributed by atoms with Gasteiger partial charge in [0.05, 0.1) is 6.04 Å². The largest absolute Gasteiger partial charge is 0.332 e. The highest BCUT2D eigenvalue weighted by molar-refractivity contribution is 6.30. The lowest BCUT2D eigenvalue weighted by Gasteiger charge is -2.25. The summed E-state index contributed by atoms with van der Waals surface area (Å²) in [5, 5.41) is 1.03. The number of hydrogen-bond donors (Lipinski definition) is 0. The molecule has 3 nitrogen and oxygen atoms in total. The van der Waals surface area contributed by atoms with Crippen LogP contribution in [0.1, 0.15) is 34.8 Å². The zero-order chi connectivity index (χ0) is 14.8. The standard InChI is InChI=1S/C16H14Cl2N2O/c17-13-4-1-3-11(9-13)14-5-2-8-20(14)16(21)12-6-7-19-15(18)10-12/h1,3-4,6-7,9-10,14H,2,5,8H2. The predicted molar refractivity (Wildman–Crippen MR) is 83.7 cm³/mol. The van der Waals surface area contributed by atoms with Crippen LogP contribution in [-0.2, 0) is 0 Å². The average Bonchev–Trinajstić information content (AvgIpc) is 2.96. The molecule has 1 aliphatic heterocycles. The predicted octanol–water partition coefficient (Wildman–Crippen LogP) is 4.37. The van der Waals surface area contributed by atoms with Gasteiger partial charge in [-0.1, -0.05) is 35.3 Å². The zero-order valence-corrected chi connectivity index (χ0v) is 12.8. The topological polar surface area (TPSA) is 33.2 Å². The molecule has 1 unspecified atom stereocenters. The van der Waals surface area contributed by atoms with Crippen LogP contribution in [-0.4, -0.2) is 22.3 Å². The Morgan fingerprint density at radius 3 is 2.86 bits per heavy atom. The summed E-state index contributed by atoms with van der Waals surface area (Å²) in [6, 6.07) is 11.1. The molecule has 0 N–H and O–H groups in total. The van der Waals surface area contributed by atoms with Crippen LogP contribution in [0.2, 0.25) is 10.2 Å². The number of pyridine rings is 1. The lowest BCUT2D eigenvalue weighted by atomic mass is 10.0. The van der Waals surface area contributed by atoms with Gasteiger partial charge in [0.25, 0.3) is 5.91 Å². The van der Waals surface area contributed by atoms with Crippen molar-refractivity contribution < 1.29 is 4.79 Å². The summed E-state index contributed by atoms with van der Waals surface area (Å²) in [4.78, 5) is 18.5. The van der Waals surface area contributed by atoms with Crippen LogP contribution < -0.4 is 0 Å². The Balaban J connectivity index is 1.89. The summed E-state index contributed by atoms with van der Waals surface area (Å²) in [5.74, 6) is -0.0122. The molecule has 0 bridgehead atoms. The van der Waals surface area contributed by atoms with Crippen LogP contribution in [0.5, 0.6) is 0 Å². The molecule has 0 radical (unpaired) electrons. The number of halogens is 2. The number of likely N-dealkylation sites (tertiary alicyclic amines) is 1. The van der Waals surface area contributed by atoms with E-state index in [0.717, 1.165) is 24.9 Å². The van der Waals surface area contributed by atoms with Crippen molar-refractivity contribution in [3.8, 4) is 0 Å². The fourth-order valence-electron chi connectivity index (χ4n) is 2.77. The summed E-state index contributed by atoms with van der Waals surface area (Å²) in [6.07, 6.45) is 3.49. The van der Waals surface area contributed by atoms with Gasteiger partial charge in [-0.15, -0.1) is 0 Å². The van der Waals surface area contributed by atoms with E-state index in [1.54, 1.807) is 18.3 Å². The molecule has 1 saturated heterocycles. The SMILES string of the molecule is O=C(c1ccnc(Cl)c1)N1CCCC1c1cccc(Cl)c1. The first-order valence-electron chi connectivity index (χ1n) is 6.83. The highest BCUT2D eigenvalue weighted by Gasteiger charge is 2.30. The minimum absolute atomic E-state index is 0.0122. The van der Waals surface area contributed by atoms with Crippen molar-refractivity contribution in [1.29, 1.82) is 0 Å². The van der Waals surface area contributed by atoms with E-state index in [2.05, 4.69) is 4.98 Å². The lowest BCUT2D eigenvalue weighted by Crippen LogP contribution is -2.30. The van der Waals surface area contributed by atoms with E-state index in [1.165, 1.54) is 0 Å². The van der Waals surface area contributed by atoms with Crippen molar-refractivity contribution in [2.45, 2.75) is 18.9 Å². The van der Waals surface area contributed by atoms with Gasteiger partial charge in [-0.25, -0.2) is 4.98 Å². The van der Waals surface area contributed by atoms with Crippen molar-refractivity contribution >= 4 is 29.1 Å². The maximum atomic E-state index is 12.7. The Morgan fingerprint density at radius 2 is 2.10 bits per heavy atom. The molecule has 1 aromatic heterocycles. The maximum absolute atomic E-state index is 12.7. The van der Waals surface area contributed by atoms with Crippen LogP contribution >= 0.6 is 23.2 Å². The van der Waals surface area contributed by atoms with Crippen molar-refractivity contribution in [3.05, 3.63) is 63.9 Å². The Kier molecular flexibility index (Phi) is 4.13. The number of nitrogens with zero attached hydrogens (tertiary/aromatic N) is 2. The van der Waals surface area contributed by atoms with Crippen molar-refractivity contribution in [3.63, 3.8) is 0 Å². The second-order valence-electron chi connectivity index (χ2n) is 5.08. The van der Waals surface area contributed by atoms with E-state index in [1.807, 2.05) is 29.2 Å². The third kappa shape index (κ3) is 3.04. The van der Waals surface area contributed by atoms with Gasteiger partial charge in [-0.05, 0) is 42.7 Å². The highest BCUT2D eigenvalue weighted by Crippen LogP contribution is 2.34. The molecular weight excluding hydrogens is 307 g/mol. The van der Waals surface area contributed by atoms with Gasteiger partial charge < -0.3 is 4.90 Å². The molecule has 1 fully saturated rings. The number of aromatic nitrogens is 1. The molecule has 2 aromatic rings. The quantitative estimate of drug-likeness (QED) is 0.770. The van der Waals surface area contributed by atoms with E-state index >= 15 is 0 Å². The molecule has 1 amide bonds. The zero-order valence-electron chi connectivity index (χ0n) is 11.3. The van der Waals surface area contributed by atoms with E-state index in [4.69, 9.17) is 23.2 Å². The second-order valence-corrected chi connectivity index (χ2v) is 5.90. The molecule has 21 heavy (non-hydrogen) atoms. The normalized spacial score (nSPS) is 18.0. The molecule has 3 rings (SSSR count).